The van der Waals surface area contributed by atoms with Crippen LogP contribution in [0.5, 0.6) is 5.75 Å². The summed E-state index contributed by atoms with van der Waals surface area (Å²) in [6.07, 6.45) is 7.28. The molecule has 28 heavy (non-hydrogen) atoms. The molecule has 1 saturated heterocycles. The zero-order chi connectivity index (χ0) is 19.8. The fourth-order valence-electron chi connectivity index (χ4n) is 4.29. The molecule has 6 heteroatoms. The maximum atomic E-state index is 12.8. The van der Waals surface area contributed by atoms with E-state index in [0.717, 1.165) is 44.9 Å². The summed E-state index contributed by atoms with van der Waals surface area (Å²) in [6, 6.07) is 8.72. The van der Waals surface area contributed by atoms with Crippen molar-refractivity contribution >= 4 is 6.03 Å². The Morgan fingerprint density at radius 1 is 1.18 bits per heavy atom. The lowest BCUT2D eigenvalue weighted by atomic mass is 10.0. The third kappa shape index (κ3) is 5.61. The molecule has 1 atom stereocenters. The first kappa shape index (κ1) is 20.9. The maximum Gasteiger partial charge on any atom is 0.317 e. The molecule has 1 aliphatic carbocycles. The van der Waals surface area contributed by atoms with E-state index in [4.69, 9.17) is 9.47 Å². The molecule has 3 rings (SSSR count). The van der Waals surface area contributed by atoms with Gasteiger partial charge in [-0.1, -0.05) is 37.8 Å². The third-order valence-electron chi connectivity index (χ3n) is 6.13. The number of nitrogens with zero attached hydrogens (tertiary/aromatic N) is 2. The zero-order valence-corrected chi connectivity index (χ0v) is 17.4. The van der Waals surface area contributed by atoms with Gasteiger partial charge in [-0.3, -0.25) is 4.90 Å². The second kappa shape index (κ2) is 10.7. The Balaban J connectivity index is 1.63. The highest BCUT2D eigenvalue weighted by molar-refractivity contribution is 5.74. The van der Waals surface area contributed by atoms with Crippen LogP contribution < -0.4 is 10.1 Å². The lowest BCUT2D eigenvalue weighted by Crippen LogP contribution is -2.48. The van der Waals surface area contributed by atoms with E-state index in [1.165, 1.54) is 31.2 Å². The van der Waals surface area contributed by atoms with Gasteiger partial charge in [-0.25, -0.2) is 4.79 Å². The molecule has 156 valence electrons. The number of carbonyl (C=O) groups excluding carboxylic acids is 1. The van der Waals surface area contributed by atoms with Crippen LogP contribution in [0.2, 0.25) is 0 Å². The molecule has 1 saturated carbocycles. The number of carbonyl (C=O) groups is 1. The fraction of sp³-hybridized carbons (Fsp3) is 0.682. The largest absolute Gasteiger partial charge is 0.497 e. The van der Waals surface area contributed by atoms with Gasteiger partial charge in [0.1, 0.15) is 5.75 Å². The van der Waals surface area contributed by atoms with Crippen molar-refractivity contribution in [1.82, 2.24) is 15.1 Å². The van der Waals surface area contributed by atoms with Crippen molar-refractivity contribution < 1.29 is 14.3 Å². The van der Waals surface area contributed by atoms with Crippen LogP contribution in [-0.2, 0) is 4.74 Å². The number of benzene rings is 1. The Morgan fingerprint density at radius 3 is 2.43 bits per heavy atom. The summed E-state index contributed by atoms with van der Waals surface area (Å²) in [5, 5.41) is 3.20. The predicted molar refractivity (Wildman–Crippen MR) is 111 cm³/mol. The molecule has 2 aliphatic rings. The van der Waals surface area contributed by atoms with Gasteiger partial charge in [0.15, 0.2) is 0 Å². The molecule has 0 bridgehead atoms. The van der Waals surface area contributed by atoms with Crippen LogP contribution in [0.25, 0.3) is 0 Å². The summed E-state index contributed by atoms with van der Waals surface area (Å²) in [5.74, 6) is 0.849. The first-order valence-corrected chi connectivity index (χ1v) is 10.7. The number of hydrogen-bond donors (Lipinski definition) is 1. The van der Waals surface area contributed by atoms with Gasteiger partial charge in [-0.15, -0.1) is 0 Å². The Labute approximate surface area is 169 Å². The summed E-state index contributed by atoms with van der Waals surface area (Å²) in [5.41, 5.74) is 1.19. The van der Waals surface area contributed by atoms with Crippen molar-refractivity contribution in [1.29, 1.82) is 0 Å². The zero-order valence-electron chi connectivity index (χ0n) is 17.4. The number of morpholine rings is 1. The highest BCUT2D eigenvalue weighted by Gasteiger charge is 2.25. The van der Waals surface area contributed by atoms with Crippen LogP contribution in [-0.4, -0.2) is 68.9 Å². The molecule has 1 aromatic rings. The second-order valence-corrected chi connectivity index (χ2v) is 7.88. The van der Waals surface area contributed by atoms with E-state index in [9.17, 15) is 4.79 Å². The molecule has 2 fully saturated rings. The molecular formula is C22H35N3O3. The minimum absolute atomic E-state index is 0.0404. The number of hydrogen-bond acceptors (Lipinski definition) is 4. The van der Waals surface area contributed by atoms with Crippen LogP contribution in [0, 0.1) is 0 Å². The maximum absolute atomic E-state index is 12.8. The summed E-state index contributed by atoms with van der Waals surface area (Å²) in [7, 11) is 3.63. The van der Waals surface area contributed by atoms with Gasteiger partial charge in [0.2, 0.25) is 0 Å². The quantitative estimate of drug-likeness (QED) is 0.758. The van der Waals surface area contributed by atoms with Crippen molar-refractivity contribution in [3.63, 3.8) is 0 Å². The van der Waals surface area contributed by atoms with Crippen molar-refractivity contribution in [3.8, 4) is 5.75 Å². The number of ether oxygens (including phenoxy) is 2. The van der Waals surface area contributed by atoms with Gasteiger partial charge in [-0.05, 0) is 30.5 Å². The van der Waals surface area contributed by atoms with E-state index in [-0.39, 0.29) is 12.1 Å². The van der Waals surface area contributed by atoms with Crippen LogP contribution >= 0.6 is 0 Å². The lowest BCUT2D eigenvalue weighted by Gasteiger charge is -2.35. The standard InChI is InChI=1S/C22H35N3O3/c1-24(19-7-5-3-4-6-8-19)22(26)23-17-21(25-13-15-28-16-14-25)18-9-11-20(27-2)12-10-18/h9-12,19,21H,3-8,13-17H2,1-2H3,(H,23,26). The minimum atomic E-state index is 0.0404. The van der Waals surface area contributed by atoms with Crippen molar-refractivity contribution in [2.75, 3.05) is 47.0 Å². The molecule has 1 N–H and O–H groups in total. The van der Waals surface area contributed by atoms with Crippen molar-refractivity contribution in [3.05, 3.63) is 29.8 Å². The fourth-order valence-corrected chi connectivity index (χ4v) is 4.29. The second-order valence-electron chi connectivity index (χ2n) is 7.88. The van der Waals surface area contributed by atoms with E-state index in [1.807, 2.05) is 24.1 Å². The smallest absolute Gasteiger partial charge is 0.317 e. The topological polar surface area (TPSA) is 54.0 Å². The van der Waals surface area contributed by atoms with Gasteiger partial charge >= 0.3 is 6.03 Å². The normalized spacial score (nSPS) is 20.2. The van der Waals surface area contributed by atoms with Crippen LogP contribution in [0.4, 0.5) is 4.79 Å². The van der Waals surface area contributed by atoms with Gasteiger partial charge < -0.3 is 19.7 Å². The highest BCUT2D eigenvalue weighted by atomic mass is 16.5. The number of amides is 2. The molecule has 0 aromatic heterocycles. The molecule has 0 radical (unpaired) electrons. The summed E-state index contributed by atoms with van der Waals surface area (Å²) in [6.45, 7) is 3.84. The van der Waals surface area contributed by atoms with Gasteiger partial charge in [0, 0.05) is 32.7 Å². The third-order valence-corrected chi connectivity index (χ3v) is 6.13. The first-order chi connectivity index (χ1) is 13.7. The average molecular weight is 390 g/mol. The van der Waals surface area contributed by atoms with E-state index in [2.05, 4.69) is 22.3 Å². The summed E-state index contributed by atoms with van der Waals surface area (Å²) < 4.78 is 10.8. The first-order valence-electron chi connectivity index (χ1n) is 10.7. The van der Waals surface area contributed by atoms with Gasteiger partial charge in [-0.2, -0.15) is 0 Å². The molecule has 2 amide bonds. The van der Waals surface area contributed by atoms with E-state index in [1.54, 1.807) is 7.11 Å². The number of methoxy groups -OCH3 is 1. The summed E-state index contributed by atoms with van der Waals surface area (Å²) in [4.78, 5) is 17.2. The Hall–Kier alpha value is -1.79. The molecule has 1 heterocycles. The highest BCUT2D eigenvalue weighted by Crippen LogP contribution is 2.24. The van der Waals surface area contributed by atoms with Crippen LogP contribution in [0.15, 0.2) is 24.3 Å². The lowest BCUT2D eigenvalue weighted by molar-refractivity contribution is 0.0164. The summed E-state index contributed by atoms with van der Waals surface area (Å²) >= 11 is 0. The number of rotatable bonds is 6. The van der Waals surface area contributed by atoms with Gasteiger partial charge in [0.05, 0.1) is 26.4 Å². The average Bonchev–Trinajstić information content (AvgIpc) is 3.04. The number of nitrogens with one attached hydrogen (secondary N) is 1. The molecule has 1 aliphatic heterocycles. The van der Waals surface area contributed by atoms with Crippen LogP contribution in [0.1, 0.15) is 50.1 Å². The monoisotopic (exact) mass is 389 g/mol. The Kier molecular flexibility index (Phi) is 7.98. The number of urea groups is 1. The molecule has 1 unspecified atom stereocenters. The Morgan fingerprint density at radius 2 is 1.82 bits per heavy atom. The van der Waals surface area contributed by atoms with E-state index >= 15 is 0 Å². The van der Waals surface area contributed by atoms with Crippen molar-refractivity contribution in [2.24, 2.45) is 0 Å². The van der Waals surface area contributed by atoms with Gasteiger partial charge in [0.25, 0.3) is 0 Å². The van der Waals surface area contributed by atoms with Crippen molar-refractivity contribution in [2.45, 2.75) is 50.6 Å². The SMILES string of the molecule is COc1ccc(C(CNC(=O)N(C)C2CCCCCC2)N2CCOCC2)cc1. The molecule has 0 spiro atoms. The Bertz CT molecular complexity index is 594. The predicted octanol–water partition coefficient (Wildman–Crippen LogP) is 3.43. The van der Waals surface area contributed by atoms with E-state index < -0.39 is 0 Å². The molecular weight excluding hydrogens is 354 g/mol. The minimum Gasteiger partial charge on any atom is -0.497 e. The van der Waals surface area contributed by atoms with Crippen LogP contribution in [0.3, 0.4) is 0 Å². The molecule has 6 nitrogen and oxygen atoms in total. The van der Waals surface area contributed by atoms with E-state index in [0.29, 0.717) is 12.6 Å². The molecule has 1 aromatic carbocycles.